The number of aromatic nitrogens is 3. The molecule has 0 atom stereocenters. The van der Waals surface area contributed by atoms with Crippen LogP contribution >= 0.6 is 0 Å². The van der Waals surface area contributed by atoms with Crippen molar-refractivity contribution >= 4 is 23.5 Å². The van der Waals surface area contributed by atoms with Crippen LogP contribution < -0.4 is 20.7 Å². The molecule has 44 heavy (non-hydrogen) atoms. The Bertz CT molecular complexity index is 1680. The first kappa shape index (κ1) is 29.3. The molecule has 11 heteroatoms. The van der Waals surface area contributed by atoms with Crippen molar-refractivity contribution in [2.45, 2.75) is 51.1 Å². The van der Waals surface area contributed by atoms with Gasteiger partial charge in [0.2, 0.25) is 11.7 Å². The zero-order valence-corrected chi connectivity index (χ0v) is 25.4. The molecule has 228 valence electrons. The fraction of sp³-hybridized carbons (Fsp3) is 0.364. The molecular weight excluding hydrogens is 558 g/mol. The highest BCUT2D eigenvalue weighted by Gasteiger charge is 2.38. The van der Waals surface area contributed by atoms with Crippen molar-refractivity contribution in [1.29, 1.82) is 0 Å². The third-order valence-corrected chi connectivity index (χ3v) is 8.42. The molecule has 0 saturated carbocycles. The summed E-state index contributed by atoms with van der Waals surface area (Å²) < 4.78 is 11.2. The molecular formula is C33H37N7O4. The summed E-state index contributed by atoms with van der Waals surface area (Å²) in [6, 6.07) is 15.1. The number of carbonyl (C=O) groups excluding carboxylic acids is 2. The number of hydrogen-bond acceptors (Lipinski definition) is 9. The molecule has 2 aliphatic rings. The zero-order chi connectivity index (χ0) is 30.8. The SMILES string of the molecule is COc1cc(C(=O)NC2CCN(C)CC2)ccc1Nc1ncc2c(n1)-c1noc(C(=O)NCc3ccccc3)c1CC2(C)C. The number of nitrogens with one attached hydrogen (secondary N) is 3. The second-order valence-electron chi connectivity index (χ2n) is 12.1. The van der Waals surface area contributed by atoms with Gasteiger partial charge in [-0.15, -0.1) is 0 Å². The number of hydrogen-bond donors (Lipinski definition) is 3. The van der Waals surface area contributed by atoms with E-state index in [1.54, 1.807) is 31.5 Å². The third-order valence-electron chi connectivity index (χ3n) is 8.42. The van der Waals surface area contributed by atoms with Gasteiger partial charge in [-0.25, -0.2) is 9.97 Å². The number of piperidine rings is 1. The molecule has 3 N–H and O–H groups in total. The molecule has 1 fully saturated rings. The largest absolute Gasteiger partial charge is 0.495 e. The zero-order valence-electron chi connectivity index (χ0n) is 25.4. The molecule has 2 aromatic carbocycles. The number of benzene rings is 2. The Kier molecular flexibility index (Phi) is 8.05. The van der Waals surface area contributed by atoms with E-state index in [0.29, 0.717) is 47.3 Å². The first-order chi connectivity index (χ1) is 21.2. The molecule has 0 unspecified atom stereocenters. The first-order valence-corrected chi connectivity index (χ1v) is 14.8. The first-order valence-electron chi connectivity index (χ1n) is 14.8. The van der Waals surface area contributed by atoms with Crippen molar-refractivity contribution in [1.82, 2.24) is 30.7 Å². The maximum absolute atomic E-state index is 13.1. The van der Waals surface area contributed by atoms with E-state index < -0.39 is 0 Å². The lowest BCUT2D eigenvalue weighted by Crippen LogP contribution is -2.43. The van der Waals surface area contributed by atoms with E-state index >= 15 is 0 Å². The van der Waals surface area contributed by atoms with Gasteiger partial charge in [0.25, 0.3) is 11.8 Å². The normalized spacial score (nSPS) is 16.0. The number of carbonyl (C=O) groups is 2. The van der Waals surface area contributed by atoms with Crippen LogP contribution in [0, 0.1) is 0 Å². The van der Waals surface area contributed by atoms with Gasteiger partial charge in [0.1, 0.15) is 17.1 Å². The van der Waals surface area contributed by atoms with Crippen LogP contribution in [0.3, 0.4) is 0 Å². The van der Waals surface area contributed by atoms with E-state index in [2.05, 4.69) is 51.9 Å². The van der Waals surface area contributed by atoms with Gasteiger partial charge in [-0.3, -0.25) is 9.59 Å². The summed E-state index contributed by atoms with van der Waals surface area (Å²) in [5.74, 6) is 0.561. The lowest BCUT2D eigenvalue weighted by atomic mass is 9.74. The second-order valence-corrected chi connectivity index (χ2v) is 12.1. The highest BCUT2D eigenvalue weighted by atomic mass is 16.5. The molecule has 0 radical (unpaired) electrons. The Morgan fingerprint density at radius 2 is 1.84 bits per heavy atom. The quantitative estimate of drug-likeness (QED) is 0.270. The lowest BCUT2D eigenvalue weighted by Gasteiger charge is -2.30. The Labute approximate surface area is 256 Å². The topological polar surface area (TPSA) is 135 Å². The summed E-state index contributed by atoms with van der Waals surface area (Å²) >= 11 is 0. The number of likely N-dealkylation sites (tertiary alicyclic amines) is 1. The minimum absolute atomic E-state index is 0.126. The monoisotopic (exact) mass is 595 g/mol. The predicted octanol–water partition coefficient (Wildman–Crippen LogP) is 4.47. The molecule has 0 bridgehead atoms. The summed E-state index contributed by atoms with van der Waals surface area (Å²) in [5, 5.41) is 13.6. The molecule has 4 aromatic rings. The van der Waals surface area contributed by atoms with Crippen LogP contribution in [-0.2, 0) is 18.4 Å². The van der Waals surface area contributed by atoms with Gasteiger partial charge in [-0.2, -0.15) is 0 Å². The van der Waals surface area contributed by atoms with Crippen LogP contribution in [0.4, 0.5) is 11.6 Å². The van der Waals surface area contributed by atoms with E-state index in [9.17, 15) is 9.59 Å². The maximum Gasteiger partial charge on any atom is 0.290 e. The molecule has 1 aliphatic heterocycles. The Morgan fingerprint density at radius 1 is 1.07 bits per heavy atom. The minimum Gasteiger partial charge on any atom is -0.495 e. The number of amides is 2. The predicted molar refractivity (Wildman–Crippen MR) is 166 cm³/mol. The van der Waals surface area contributed by atoms with Crippen molar-refractivity contribution in [3.63, 3.8) is 0 Å². The number of rotatable bonds is 8. The Balaban J connectivity index is 1.21. The average molecular weight is 596 g/mol. The minimum atomic E-state index is -0.360. The van der Waals surface area contributed by atoms with Crippen LogP contribution in [-0.4, -0.2) is 65.1 Å². The van der Waals surface area contributed by atoms with Crippen LogP contribution in [0.2, 0.25) is 0 Å². The van der Waals surface area contributed by atoms with Crippen LogP contribution in [0.25, 0.3) is 11.4 Å². The van der Waals surface area contributed by atoms with Crippen molar-refractivity contribution in [3.05, 3.63) is 82.7 Å². The molecule has 2 aromatic heterocycles. The van der Waals surface area contributed by atoms with Crippen molar-refractivity contribution < 1.29 is 18.8 Å². The van der Waals surface area contributed by atoms with Gasteiger partial charge >= 0.3 is 0 Å². The summed E-state index contributed by atoms with van der Waals surface area (Å²) in [4.78, 5) is 37.7. The molecule has 11 nitrogen and oxygen atoms in total. The van der Waals surface area contributed by atoms with Crippen LogP contribution in [0.15, 0.2) is 59.3 Å². The summed E-state index contributed by atoms with van der Waals surface area (Å²) in [6.45, 7) is 6.48. The van der Waals surface area contributed by atoms with E-state index in [1.165, 1.54) is 0 Å². The Morgan fingerprint density at radius 3 is 2.59 bits per heavy atom. The maximum atomic E-state index is 13.1. The van der Waals surface area contributed by atoms with Crippen molar-refractivity contribution in [2.75, 3.05) is 32.6 Å². The smallest absolute Gasteiger partial charge is 0.290 e. The fourth-order valence-electron chi connectivity index (χ4n) is 5.83. The van der Waals surface area contributed by atoms with Gasteiger partial charge in [0, 0.05) is 35.5 Å². The molecule has 1 saturated heterocycles. The molecule has 1 aliphatic carbocycles. The van der Waals surface area contributed by atoms with Crippen molar-refractivity contribution in [3.8, 4) is 17.1 Å². The van der Waals surface area contributed by atoms with E-state index in [4.69, 9.17) is 14.2 Å². The molecule has 3 heterocycles. The number of anilines is 2. The average Bonchev–Trinajstić information content (AvgIpc) is 3.44. The number of fused-ring (bicyclic) bond motifs is 3. The summed E-state index contributed by atoms with van der Waals surface area (Å²) in [7, 11) is 3.65. The lowest BCUT2D eigenvalue weighted by molar-refractivity contribution is 0.0906. The van der Waals surface area contributed by atoms with Crippen LogP contribution in [0.1, 0.15) is 64.3 Å². The van der Waals surface area contributed by atoms with Crippen molar-refractivity contribution in [2.24, 2.45) is 0 Å². The molecule has 0 spiro atoms. The standard InChI is InChI=1S/C33H37N7O4/c1-33(2)17-23-27(39-44-29(23)31(42)34-18-20-8-6-5-7-9-20)28-24(33)19-35-32(38-28)37-25-11-10-21(16-26(25)43-4)30(41)36-22-12-14-40(3)15-13-22/h5-11,16,19,22H,12-15,17-18H2,1-4H3,(H,34,42)(H,36,41)(H,35,37,38). The van der Waals surface area contributed by atoms with E-state index in [1.807, 2.05) is 30.3 Å². The summed E-state index contributed by atoms with van der Waals surface area (Å²) in [5.41, 5.74) is 4.52. The molecule has 6 rings (SSSR count). The fourth-order valence-corrected chi connectivity index (χ4v) is 5.83. The van der Waals surface area contributed by atoms with Gasteiger partial charge < -0.3 is 30.1 Å². The number of nitrogens with zero attached hydrogens (tertiary/aromatic N) is 4. The number of ether oxygens (including phenoxy) is 1. The highest BCUT2D eigenvalue weighted by molar-refractivity contribution is 5.96. The summed E-state index contributed by atoms with van der Waals surface area (Å²) in [6.07, 6.45) is 4.20. The molecule has 2 amide bonds. The Hall–Kier alpha value is -4.77. The second kappa shape index (κ2) is 12.1. The van der Waals surface area contributed by atoms with E-state index in [0.717, 1.165) is 42.6 Å². The number of methoxy groups -OCH3 is 1. The highest BCUT2D eigenvalue weighted by Crippen LogP contribution is 2.43. The van der Waals surface area contributed by atoms with Gasteiger partial charge in [0.05, 0.1) is 12.8 Å². The van der Waals surface area contributed by atoms with E-state index in [-0.39, 0.29) is 29.0 Å². The van der Waals surface area contributed by atoms with Gasteiger partial charge in [0.15, 0.2) is 0 Å². The van der Waals surface area contributed by atoms with Gasteiger partial charge in [-0.1, -0.05) is 49.3 Å². The van der Waals surface area contributed by atoms with Gasteiger partial charge in [-0.05, 0) is 68.6 Å². The third kappa shape index (κ3) is 6.00. The van der Waals surface area contributed by atoms with Crippen LogP contribution in [0.5, 0.6) is 5.75 Å².